The Hall–Kier alpha value is -1.37. The minimum atomic E-state index is 0.0499. The van der Waals surface area contributed by atoms with Crippen molar-refractivity contribution in [3.05, 3.63) is 35.9 Å². The van der Waals surface area contributed by atoms with Gasteiger partial charge in [0.25, 0.3) is 0 Å². The van der Waals surface area contributed by atoms with Gasteiger partial charge in [-0.15, -0.1) is 0 Å². The first-order valence-corrected chi connectivity index (χ1v) is 6.19. The highest BCUT2D eigenvalue weighted by molar-refractivity contribution is 5.14. The third-order valence-corrected chi connectivity index (χ3v) is 3.39. The minimum absolute atomic E-state index is 0.0499. The number of piperazine rings is 1. The van der Waals surface area contributed by atoms with Crippen LogP contribution in [0.2, 0.25) is 0 Å². The first-order chi connectivity index (χ1) is 8.29. The summed E-state index contributed by atoms with van der Waals surface area (Å²) in [4.78, 5) is 4.71. The van der Waals surface area contributed by atoms with Gasteiger partial charge in [-0.2, -0.15) is 5.26 Å². The van der Waals surface area contributed by atoms with E-state index in [0.717, 1.165) is 32.7 Å². The fourth-order valence-corrected chi connectivity index (χ4v) is 2.23. The lowest BCUT2D eigenvalue weighted by atomic mass is 10.2. The summed E-state index contributed by atoms with van der Waals surface area (Å²) in [6.45, 7) is 7.12. The minimum Gasteiger partial charge on any atom is -0.297 e. The molecule has 3 nitrogen and oxygen atoms in total. The van der Waals surface area contributed by atoms with Crippen LogP contribution in [0, 0.1) is 11.3 Å². The van der Waals surface area contributed by atoms with Crippen LogP contribution >= 0.6 is 0 Å². The van der Waals surface area contributed by atoms with E-state index in [1.165, 1.54) is 5.56 Å². The molecule has 0 amide bonds. The van der Waals surface area contributed by atoms with Gasteiger partial charge in [0.2, 0.25) is 0 Å². The summed E-state index contributed by atoms with van der Waals surface area (Å²) in [6, 6.07) is 12.9. The zero-order valence-corrected chi connectivity index (χ0v) is 10.3. The summed E-state index contributed by atoms with van der Waals surface area (Å²) < 4.78 is 0. The number of hydrogen-bond donors (Lipinski definition) is 0. The maximum absolute atomic E-state index is 8.88. The van der Waals surface area contributed by atoms with Crippen LogP contribution in [0.25, 0.3) is 0 Å². The van der Waals surface area contributed by atoms with Crippen LogP contribution in [0.15, 0.2) is 30.3 Å². The molecule has 2 rings (SSSR count). The Morgan fingerprint density at radius 3 is 2.41 bits per heavy atom. The molecule has 17 heavy (non-hydrogen) atoms. The van der Waals surface area contributed by atoms with E-state index in [0.29, 0.717) is 0 Å². The Morgan fingerprint density at radius 2 is 1.82 bits per heavy atom. The average molecular weight is 229 g/mol. The molecule has 0 aromatic heterocycles. The Balaban J connectivity index is 1.82. The number of hydrogen-bond acceptors (Lipinski definition) is 3. The molecule has 1 atom stereocenters. The summed E-state index contributed by atoms with van der Waals surface area (Å²) in [7, 11) is 0. The maximum atomic E-state index is 8.88. The molecule has 0 radical (unpaired) electrons. The van der Waals surface area contributed by atoms with Gasteiger partial charge >= 0.3 is 0 Å². The Kier molecular flexibility index (Phi) is 4.13. The molecule has 3 heteroatoms. The Bertz CT molecular complexity index is 374. The lowest BCUT2D eigenvalue weighted by Gasteiger charge is -2.35. The molecular formula is C14H19N3. The van der Waals surface area contributed by atoms with Gasteiger partial charge in [-0.25, -0.2) is 0 Å². The summed E-state index contributed by atoms with van der Waals surface area (Å²) in [5, 5.41) is 8.88. The highest BCUT2D eigenvalue weighted by atomic mass is 15.3. The molecule has 1 unspecified atom stereocenters. The molecule has 1 heterocycles. The largest absolute Gasteiger partial charge is 0.297 e. The number of nitriles is 1. The van der Waals surface area contributed by atoms with Gasteiger partial charge < -0.3 is 0 Å². The third-order valence-electron chi connectivity index (χ3n) is 3.39. The zero-order chi connectivity index (χ0) is 12.1. The predicted molar refractivity (Wildman–Crippen MR) is 68.4 cm³/mol. The van der Waals surface area contributed by atoms with Crippen molar-refractivity contribution in [3.63, 3.8) is 0 Å². The van der Waals surface area contributed by atoms with Crippen LogP contribution in [-0.4, -0.2) is 42.0 Å². The standard InChI is InChI=1S/C14H19N3/c1-13(11-15)17-9-7-16(8-10-17)12-14-5-3-2-4-6-14/h2-6,13H,7-10,12H2,1H3. The Morgan fingerprint density at radius 1 is 1.18 bits per heavy atom. The van der Waals surface area contributed by atoms with Gasteiger partial charge in [0.15, 0.2) is 0 Å². The lowest BCUT2D eigenvalue weighted by molar-refractivity contribution is 0.114. The van der Waals surface area contributed by atoms with Crippen LogP contribution in [0.5, 0.6) is 0 Å². The molecule has 0 aliphatic carbocycles. The monoisotopic (exact) mass is 229 g/mol. The van der Waals surface area contributed by atoms with Crippen molar-refractivity contribution in [1.29, 1.82) is 5.26 Å². The lowest BCUT2D eigenvalue weighted by Crippen LogP contribution is -2.48. The molecule has 1 aliphatic heterocycles. The van der Waals surface area contributed by atoms with Crippen molar-refractivity contribution >= 4 is 0 Å². The molecule has 0 bridgehead atoms. The van der Waals surface area contributed by atoms with Crippen LogP contribution in [0.4, 0.5) is 0 Å². The van der Waals surface area contributed by atoms with Gasteiger partial charge in [-0.05, 0) is 12.5 Å². The van der Waals surface area contributed by atoms with Crippen LogP contribution in [0.1, 0.15) is 12.5 Å². The van der Waals surface area contributed by atoms with E-state index >= 15 is 0 Å². The second-order valence-electron chi connectivity index (χ2n) is 4.60. The van der Waals surface area contributed by atoms with Crippen molar-refractivity contribution in [3.8, 4) is 6.07 Å². The topological polar surface area (TPSA) is 30.3 Å². The van der Waals surface area contributed by atoms with Crippen molar-refractivity contribution < 1.29 is 0 Å². The van der Waals surface area contributed by atoms with Gasteiger partial charge in [0, 0.05) is 32.7 Å². The highest BCUT2D eigenvalue weighted by Gasteiger charge is 2.20. The molecule has 1 aromatic rings. The SMILES string of the molecule is CC(C#N)N1CCN(Cc2ccccc2)CC1. The fraction of sp³-hybridized carbons (Fsp3) is 0.500. The van der Waals surface area contributed by atoms with Gasteiger partial charge in [-0.3, -0.25) is 9.80 Å². The quantitative estimate of drug-likeness (QED) is 0.790. The van der Waals surface area contributed by atoms with Crippen LogP contribution in [-0.2, 0) is 6.54 Å². The van der Waals surface area contributed by atoms with Gasteiger partial charge in [-0.1, -0.05) is 30.3 Å². The first kappa shape index (κ1) is 12.1. The van der Waals surface area contributed by atoms with Crippen molar-refractivity contribution in [2.75, 3.05) is 26.2 Å². The first-order valence-electron chi connectivity index (χ1n) is 6.19. The molecule has 0 N–H and O–H groups in total. The predicted octanol–water partition coefficient (Wildman–Crippen LogP) is 1.72. The van der Waals surface area contributed by atoms with Crippen molar-refractivity contribution in [2.45, 2.75) is 19.5 Å². The van der Waals surface area contributed by atoms with Crippen LogP contribution < -0.4 is 0 Å². The average Bonchev–Trinajstić information content (AvgIpc) is 2.40. The van der Waals surface area contributed by atoms with Crippen molar-refractivity contribution in [1.82, 2.24) is 9.80 Å². The van der Waals surface area contributed by atoms with Crippen molar-refractivity contribution in [2.24, 2.45) is 0 Å². The maximum Gasteiger partial charge on any atom is 0.0950 e. The van der Waals surface area contributed by atoms with E-state index in [4.69, 9.17) is 5.26 Å². The van der Waals surface area contributed by atoms with Gasteiger partial charge in [0.1, 0.15) is 0 Å². The third kappa shape index (κ3) is 3.29. The molecule has 0 spiro atoms. The summed E-state index contributed by atoms with van der Waals surface area (Å²) in [5.41, 5.74) is 1.37. The van der Waals surface area contributed by atoms with Crippen LogP contribution in [0.3, 0.4) is 0 Å². The molecule has 1 saturated heterocycles. The molecule has 1 aromatic carbocycles. The summed E-state index contributed by atoms with van der Waals surface area (Å²) in [6.07, 6.45) is 0. The number of rotatable bonds is 3. The highest BCUT2D eigenvalue weighted by Crippen LogP contribution is 2.09. The summed E-state index contributed by atoms with van der Waals surface area (Å²) in [5.74, 6) is 0. The van der Waals surface area contributed by atoms with E-state index in [9.17, 15) is 0 Å². The molecule has 90 valence electrons. The van der Waals surface area contributed by atoms with E-state index in [-0.39, 0.29) is 6.04 Å². The Labute approximate surface area is 103 Å². The second kappa shape index (κ2) is 5.81. The van der Waals surface area contributed by atoms with Gasteiger partial charge in [0.05, 0.1) is 12.1 Å². The fourth-order valence-electron chi connectivity index (χ4n) is 2.23. The smallest absolute Gasteiger partial charge is 0.0950 e. The van der Waals surface area contributed by atoms with E-state index in [2.05, 4.69) is 46.2 Å². The second-order valence-corrected chi connectivity index (χ2v) is 4.60. The molecular weight excluding hydrogens is 210 g/mol. The van der Waals surface area contributed by atoms with E-state index in [1.54, 1.807) is 0 Å². The summed E-state index contributed by atoms with van der Waals surface area (Å²) >= 11 is 0. The number of nitrogens with zero attached hydrogens (tertiary/aromatic N) is 3. The van der Waals surface area contributed by atoms with E-state index < -0.39 is 0 Å². The molecule has 1 aliphatic rings. The molecule has 0 saturated carbocycles. The molecule has 1 fully saturated rings. The normalized spacial score (nSPS) is 19.8. The number of benzene rings is 1. The van der Waals surface area contributed by atoms with E-state index in [1.807, 2.05) is 6.92 Å². The zero-order valence-electron chi connectivity index (χ0n) is 10.3.